The molecule has 1 spiro atoms. The van der Waals surface area contributed by atoms with Gasteiger partial charge in [0.2, 0.25) is 0 Å². The second-order valence-electron chi connectivity index (χ2n) is 14.7. The number of benzene rings is 8. The van der Waals surface area contributed by atoms with Crippen molar-refractivity contribution in [1.29, 1.82) is 0 Å². The first kappa shape index (κ1) is 31.7. The van der Waals surface area contributed by atoms with Crippen molar-refractivity contribution in [2.24, 2.45) is 0 Å². The molecule has 1 aliphatic heterocycles. The highest BCUT2D eigenvalue weighted by Crippen LogP contribution is 2.66. The number of fused-ring (bicyclic) bond motifs is 13. The van der Waals surface area contributed by atoms with Gasteiger partial charge in [0, 0.05) is 22.3 Å². The van der Waals surface area contributed by atoms with Crippen molar-refractivity contribution in [3.8, 4) is 90.5 Å². The highest BCUT2D eigenvalue weighted by molar-refractivity contribution is 5.98. The van der Waals surface area contributed by atoms with Crippen LogP contribution < -0.4 is 9.47 Å². The Hall–Kier alpha value is -7.63. The van der Waals surface area contributed by atoms with Crippen molar-refractivity contribution >= 4 is 0 Å². The lowest BCUT2D eigenvalue weighted by Crippen LogP contribution is -2.26. The molecule has 0 radical (unpaired) electrons. The fourth-order valence-corrected chi connectivity index (χ4v) is 9.13. The molecular weight excluding hydrogens is 699 g/mol. The Morgan fingerprint density at radius 3 is 1.42 bits per heavy atom. The molecule has 0 saturated carbocycles. The van der Waals surface area contributed by atoms with Gasteiger partial charge in [-0.15, -0.1) is 0 Å². The van der Waals surface area contributed by atoms with Gasteiger partial charge in [-0.3, -0.25) is 0 Å². The zero-order valence-corrected chi connectivity index (χ0v) is 30.6. The van der Waals surface area contributed by atoms with Gasteiger partial charge in [-0.1, -0.05) is 164 Å². The van der Waals surface area contributed by atoms with Gasteiger partial charge in [-0.05, 0) is 74.3 Å². The molecule has 2 heterocycles. The third-order valence-corrected chi connectivity index (χ3v) is 11.6. The number of rotatable bonds is 4. The lowest BCUT2D eigenvalue weighted by Gasteiger charge is -2.31. The van der Waals surface area contributed by atoms with Crippen molar-refractivity contribution in [3.63, 3.8) is 0 Å². The lowest BCUT2D eigenvalue weighted by atomic mass is 9.70. The number of nitrogens with zero attached hydrogens (tertiary/aromatic N) is 3. The van der Waals surface area contributed by atoms with Gasteiger partial charge < -0.3 is 9.47 Å². The molecule has 0 amide bonds. The molecule has 0 unspecified atom stereocenters. The number of para-hydroxylation sites is 2. The number of hydrogen-bond acceptors (Lipinski definition) is 5. The second-order valence-corrected chi connectivity index (χ2v) is 14.7. The van der Waals surface area contributed by atoms with Crippen LogP contribution in [0.4, 0.5) is 0 Å². The van der Waals surface area contributed by atoms with Crippen molar-refractivity contribution in [3.05, 3.63) is 210 Å². The van der Waals surface area contributed by atoms with Crippen LogP contribution in [-0.4, -0.2) is 15.0 Å². The van der Waals surface area contributed by atoms with Crippen LogP contribution in [0.3, 0.4) is 0 Å². The molecule has 1 aromatic heterocycles. The largest absolute Gasteiger partial charge is 0.449 e. The molecule has 3 aliphatic rings. The summed E-state index contributed by atoms with van der Waals surface area (Å²) in [6, 6.07) is 65.5. The van der Waals surface area contributed by atoms with Crippen molar-refractivity contribution < 1.29 is 9.47 Å². The Balaban J connectivity index is 1.02. The van der Waals surface area contributed by atoms with Crippen LogP contribution in [0.25, 0.3) is 67.5 Å². The molecule has 266 valence electrons. The average molecular weight is 730 g/mol. The fraction of sp³-hybridized carbons (Fsp3) is 0.0192. The Morgan fingerprint density at radius 2 is 0.807 bits per heavy atom. The van der Waals surface area contributed by atoms with Gasteiger partial charge in [-0.2, -0.15) is 0 Å². The molecule has 0 fully saturated rings. The van der Waals surface area contributed by atoms with E-state index >= 15 is 0 Å². The number of ether oxygens (including phenoxy) is 2. The molecular formula is C52H31N3O2. The number of hydrogen-bond donors (Lipinski definition) is 0. The van der Waals surface area contributed by atoms with E-state index in [0.29, 0.717) is 17.5 Å². The predicted molar refractivity (Wildman–Crippen MR) is 224 cm³/mol. The SMILES string of the molecule is c1ccc(-c2nc(-c3ccccc3)nc(-c3ccc(-c4ccc5c(c4)C4(c6ccccc6-c6ccccc64)c4ccc6c(c4-5)Oc4ccccc4O6)cc3)n2)cc1. The molecule has 12 rings (SSSR count). The average Bonchev–Trinajstić information content (AvgIpc) is 3.76. The zero-order chi connectivity index (χ0) is 37.5. The monoisotopic (exact) mass is 729 g/mol. The lowest BCUT2D eigenvalue weighted by molar-refractivity contribution is 0.360. The summed E-state index contributed by atoms with van der Waals surface area (Å²) in [6.45, 7) is 0. The summed E-state index contributed by atoms with van der Waals surface area (Å²) < 4.78 is 13.2. The van der Waals surface area contributed by atoms with Gasteiger partial charge in [0.05, 0.1) is 5.41 Å². The maximum Gasteiger partial charge on any atom is 0.178 e. The second kappa shape index (κ2) is 12.2. The van der Waals surface area contributed by atoms with E-state index < -0.39 is 5.41 Å². The molecule has 9 aromatic rings. The molecule has 5 nitrogen and oxygen atoms in total. The van der Waals surface area contributed by atoms with E-state index in [-0.39, 0.29) is 0 Å². The zero-order valence-electron chi connectivity index (χ0n) is 30.6. The Morgan fingerprint density at radius 1 is 0.316 bits per heavy atom. The molecule has 0 N–H and O–H groups in total. The summed E-state index contributed by atoms with van der Waals surface area (Å²) in [5, 5.41) is 0. The maximum atomic E-state index is 6.76. The van der Waals surface area contributed by atoms with E-state index in [1.54, 1.807) is 0 Å². The van der Waals surface area contributed by atoms with E-state index in [1.807, 2.05) is 84.9 Å². The minimum absolute atomic E-state index is 0.546. The van der Waals surface area contributed by atoms with Crippen LogP contribution in [0.1, 0.15) is 22.3 Å². The van der Waals surface area contributed by atoms with E-state index in [1.165, 1.54) is 33.4 Å². The topological polar surface area (TPSA) is 57.1 Å². The van der Waals surface area contributed by atoms with Crippen molar-refractivity contribution in [1.82, 2.24) is 15.0 Å². The van der Waals surface area contributed by atoms with Crippen LogP contribution in [0.15, 0.2) is 188 Å². The van der Waals surface area contributed by atoms with Crippen LogP contribution in [0.5, 0.6) is 23.0 Å². The van der Waals surface area contributed by atoms with E-state index in [4.69, 9.17) is 24.4 Å². The van der Waals surface area contributed by atoms with Gasteiger partial charge in [0.1, 0.15) is 0 Å². The first-order valence-corrected chi connectivity index (χ1v) is 19.2. The molecule has 57 heavy (non-hydrogen) atoms. The maximum absolute atomic E-state index is 6.76. The smallest absolute Gasteiger partial charge is 0.178 e. The minimum Gasteiger partial charge on any atom is -0.449 e. The molecule has 5 heteroatoms. The Labute approximate surface area is 329 Å². The normalized spacial score (nSPS) is 13.3. The van der Waals surface area contributed by atoms with E-state index in [2.05, 4.69) is 103 Å². The predicted octanol–water partition coefficient (Wildman–Crippen LogP) is 12.8. The molecule has 2 aliphatic carbocycles. The summed E-state index contributed by atoms with van der Waals surface area (Å²) in [7, 11) is 0. The Bertz CT molecular complexity index is 2970. The molecule has 0 bridgehead atoms. The summed E-state index contributed by atoms with van der Waals surface area (Å²) in [6.07, 6.45) is 0. The van der Waals surface area contributed by atoms with Crippen molar-refractivity contribution in [2.45, 2.75) is 5.41 Å². The fourth-order valence-electron chi connectivity index (χ4n) is 9.13. The summed E-state index contributed by atoms with van der Waals surface area (Å²) >= 11 is 0. The van der Waals surface area contributed by atoms with E-state index in [0.717, 1.165) is 61.9 Å². The quantitative estimate of drug-likeness (QED) is 0.180. The summed E-state index contributed by atoms with van der Waals surface area (Å²) in [4.78, 5) is 14.8. The molecule has 0 atom stereocenters. The summed E-state index contributed by atoms with van der Waals surface area (Å²) in [5.41, 5.74) is 14.2. The van der Waals surface area contributed by atoms with Crippen LogP contribution in [-0.2, 0) is 5.41 Å². The first-order chi connectivity index (χ1) is 28.2. The number of aromatic nitrogens is 3. The van der Waals surface area contributed by atoms with Gasteiger partial charge in [0.25, 0.3) is 0 Å². The van der Waals surface area contributed by atoms with Gasteiger partial charge >= 0.3 is 0 Å². The molecule has 8 aromatic carbocycles. The first-order valence-electron chi connectivity index (χ1n) is 19.2. The highest BCUT2D eigenvalue weighted by Gasteiger charge is 2.53. The summed E-state index contributed by atoms with van der Waals surface area (Å²) in [5.74, 6) is 4.83. The molecule has 0 saturated heterocycles. The third-order valence-electron chi connectivity index (χ3n) is 11.6. The van der Waals surface area contributed by atoms with Crippen molar-refractivity contribution in [2.75, 3.05) is 0 Å². The third kappa shape index (κ3) is 4.66. The van der Waals surface area contributed by atoms with Crippen LogP contribution in [0.2, 0.25) is 0 Å². The van der Waals surface area contributed by atoms with Crippen LogP contribution in [0, 0.1) is 0 Å². The van der Waals surface area contributed by atoms with Gasteiger partial charge in [0.15, 0.2) is 40.5 Å². The highest BCUT2D eigenvalue weighted by atomic mass is 16.6. The van der Waals surface area contributed by atoms with Crippen LogP contribution >= 0.6 is 0 Å². The van der Waals surface area contributed by atoms with Gasteiger partial charge in [-0.25, -0.2) is 15.0 Å². The Kier molecular flexibility index (Phi) is 6.78. The standard InChI is InChI=1S/C52H31N3O2/c1-3-13-33(14-4-1)49-53-50(34-15-5-2-6-16-34)55-51(54-49)35-25-23-32(24-26-35)36-27-28-39-43(31-36)52(40-19-9-7-17-37(40)38-18-8-10-20-41(38)52)42-29-30-46-48(47(39)42)57-45-22-12-11-21-44(45)56-46/h1-31H. The minimum atomic E-state index is -0.546. The van der Waals surface area contributed by atoms with E-state index in [9.17, 15) is 0 Å².